The number of imide groups is 1. The quantitative estimate of drug-likeness (QED) is 0.0236. The molecule has 11 aromatic carbocycles. The fourth-order valence-electron chi connectivity index (χ4n) is 11.5. The maximum atomic E-state index is 12.6. The number of hydrogen-bond donors (Lipinski definition) is 2. The summed E-state index contributed by atoms with van der Waals surface area (Å²) in [7, 11) is 9.31. The molecular formula is C87H74Br4Cl3N11O12S4. The van der Waals surface area contributed by atoms with Gasteiger partial charge in [-0.1, -0.05) is 155 Å². The number of nitriles is 1. The van der Waals surface area contributed by atoms with Gasteiger partial charge in [-0.3, -0.25) is 32.9 Å². The summed E-state index contributed by atoms with van der Waals surface area (Å²) in [6, 6.07) is 76.6. The molecule has 1 aliphatic heterocycles. The molecule has 23 nitrogen and oxygen atoms in total. The molecule has 14 aromatic rings. The summed E-state index contributed by atoms with van der Waals surface area (Å²) in [6.07, 6.45) is 3.83. The molecule has 3 N–H and O–H groups in total. The van der Waals surface area contributed by atoms with Gasteiger partial charge in [0.15, 0.2) is 0 Å². The number of hydrogen-bond acceptors (Lipinski definition) is 21. The van der Waals surface area contributed by atoms with E-state index < -0.39 is 26.5 Å². The van der Waals surface area contributed by atoms with E-state index in [9.17, 15) is 32.4 Å². The number of anilines is 3. The van der Waals surface area contributed by atoms with Crippen molar-refractivity contribution in [2.24, 2.45) is 0 Å². The van der Waals surface area contributed by atoms with Gasteiger partial charge in [-0.15, -0.1) is 35.3 Å². The molecule has 1 aliphatic rings. The maximum absolute atomic E-state index is 12.6. The average molecular weight is 2020 g/mol. The van der Waals surface area contributed by atoms with Crippen LogP contribution in [0.5, 0.6) is 23.0 Å². The van der Waals surface area contributed by atoms with Gasteiger partial charge in [-0.2, -0.15) is 9.68 Å². The average Bonchev–Trinajstić information content (AvgIpc) is 1.63. The number of rotatable bonds is 20. The molecule has 0 radical (unpaired) electrons. The molecule has 3 amide bonds. The van der Waals surface area contributed by atoms with Crippen molar-refractivity contribution in [1.29, 1.82) is 5.26 Å². The van der Waals surface area contributed by atoms with Crippen LogP contribution in [-0.4, -0.2) is 106 Å². The summed E-state index contributed by atoms with van der Waals surface area (Å²) in [4.78, 5) is 75.6. The lowest BCUT2D eigenvalue weighted by molar-refractivity contribution is -0.127. The number of carbonyl (C=O) groups excluding carboxylic acids is 2. The Labute approximate surface area is 758 Å². The number of halogens is 7. The number of benzene rings is 11. The standard InChI is InChI=1S/2C22H17BrN2O2S.C20H19BrN2OS.C15H10BrClN2O4S.C5H6Cl2N2O2.C3H5NO/c2*1-27-21-11-16(23)7-9-20(21)25-19-10-8-17(12-18(19)24-13-22(25)26)28-14-15-5-3-2-4-6-15;1-24-20-11-15(21)7-9-19(20)23-18-10-8-16(12-17(18)22)25-13-14-5-3-2-4-6-14;1-23-14-6-9(16)2-4-13(14)19-12-5-3-10(24(17,21)22)7-11(12)18-8-15(19)20;1-5(2)3(10)8(6)4(11)9(5)7;1-5-3-2-4/h2*2-13H,14H2,1H3;2-12,23H,13,22H2,1H3;2-8H,1H3;1-2H3;3H2,1H3. The molecule has 622 valence electrons. The topological polar surface area (TPSA) is 287 Å². The number of ether oxygens (including phenoxy) is 5. The lowest BCUT2D eigenvalue weighted by atomic mass is 10.1. The lowest BCUT2D eigenvalue weighted by Crippen LogP contribution is -2.38. The molecule has 1 fully saturated rings. The zero-order chi connectivity index (χ0) is 87.1. The van der Waals surface area contributed by atoms with Crippen LogP contribution in [0.2, 0.25) is 0 Å². The van der Waals surface area contributed by atoms with E-state index in [0.717, 1.165) is 99.6 Å². The van der Waals surface area contributed by atoms with Gasteiger partial charge in [0.25, 0.3) is 31.6 Å². The Morgan fingerprint density at radius 1 is 0.463 bits per heavy atom. The number of nitrogens with two attached hydrogens (primary N) is 1. The minimum atomic E-state index is -3.89. The van der Waals surface area contributed by atoms with Gasteiger partial charge in [0, 0.05) is 91.2 Å². The van der Waals surface area contributed by atoms with Crippen molar-refractivity contribution in [1.82, 2.24) is 37.5 Å². The SMILES string of the molecule is CC1(C)C(=O)N(Cl)C(=O)N1Cl.COCC#N.COc1cc(Br)ccc1-n1c(=O)cnc2cc(S(=O)(=O)Cl)ccc21.COc1cc(Br)ccc1-n1c(=O)cnc2cc(SCc3ccccc3)ccc21.COc1cc(Br)ccc1-n1c(=O)cnc2cc(SCc3ccccc3)ccc21.COc1cc(Br)ccc1Nc1ccc(SCc2ccccc2)cc1N. The number of amides is 3. The first kappa shape index (κ1) is 93.1. The van der Waals surface area contributed by atoms with Crippen molar-refractivity contribution in [3.63, 3.8) is 0 Å². The Kier molecular flexibility index (Phi) is 33.9. The summed E-state index contributed by atoms with van der Waals surface area (Å²) in [5, 5.41) is 11.0. The Balaban J connectivity index is 0.000000160. The Morgan fingerprint density at radius 2 is 0.810 bits per heavy atom. The third-order valence-electron chi connectivity index (χ3n) is 17.5. The van der Waals surface area contributed by atoms with E-state index in [1.54, 1.807) is 90.0 Å². The number of aromatic nitrogens is 6. The predicted molar refractivity (Wildman–Crippen MR) is 498 cm³/mol. The molecule has 1 saturated heterocycles. The van der Waals surface area contributed by atoms with E-state index in [4.69, 9.17) is 64.2 Å². The van der Waals surface area contributed by atoms with E-state index in [2.05, 4.69) is 143 Å². The molecule has 121 heavy (non-hydrogen) atoms. The first-order chi connectivity index (χ1) is 58.1. The molecule has 4 heterocycles. The molecular weight excluding hydrogens is 1950 g/mol. The first-order valence-corrected chi connectivity index (χ1v) is 45.1. The van der Waals surface area contributed by atoms with Crippen LogP contribution in [0.3, 0.4) is 0 Å². The van der Waals surface area contributed by atoms with Gasteiger partial charge in [-0.05, 0) is 176 Å². The first-order valence-electron chi connectivity index (χ1n) is 36.0. The highest BCUT2D eigenvalue weighted by atomic mass is 79.9. The Bertz CT molecular complexity index is 6220. The number of nitrogen functional groups attached to an aromatic ring is 1. The molecule has 34 heteroatoms. The molecule has 0 aliphatic carbocycles. The second kappa shape index (κ2) is 44.1. The zero-order valence-corrected chi connectivity index (χ0v) is 77.2. The van der Waals surface area contributed by atoms with Crippen molar-refractivity contribution in [2.45, 2.75) is 56.2 Å². The van der Waals surface area contributed by atoms with Crippen molar-refractivity contribution in [2.75, 3.05) is 53.2 Å². The number of carbonyl (C=O) groups is 2. The second-order valence-corrected chi connectivity index (χ2v) is 36.0. The molecule has 0 saturated carbocycles. The highest BCUT2D eigenvalue weighted by molar-refractivity contribution is 9.11. The lowest BCUT2D eigenvalue weighted by Gasteiger charge is -2.18. The predicted octanol–water partition coefficient (Wildman–Crippen LogP) is 21.6. The normalized spacial score (nSPS) is 11.9. The molecule has 0 atom stereocenters. The molecule has 0 bridgehead atoms. The minimum Gasteiger partial charge on any atom is -0.495 e. The summed E-state index contributed by atoms with van der Waals surface area (Å²) in [5.74, 6) is 4.65. The highest BCUT2D eigenvalue weighted by Gasteiger charge is 2.51. The summed E-state index contributed by atoms with van der Waals surface area (Å²) < 4.78 is 58.5. The number of methoxy groups -OCH3 is 5. The largest absolute Gasteiger partial charge is 0.495 e. The number of urea groups is 1. The van der Waals surface area contributed by atoms with Crippen molar-refractivity contribution >= 4 is 204 Å². The van der Waals surface area contributed by atoms with Crippen LogP contribution in [0.4, 0.5) is 21.9 Å². The number of fused-ring (bicyclic) bond motifs is 3. The Hall–Kier alpha value is -10.2. The number of nitrogens with zero attached hydrogens (tertiary/aromatic N) is 9. The van der Waals surface area contributed by atoms with Crippen molar-refractivity contribution in [3.8, 4) is 46.1 Å². The summed E-state index contributed by atoms with van der Waals surface area (Å²) in [5.41, 5.74) is 16.4. The van der Waals surface area contributed by atoms with Crippen LogP contribution in [0.1, 0.15) is 30.5 Å². The van der Waals surface area contributed by atoms with E-state index in [0.29, 0.717) is 55.5 Å². The third kappa shape index (κ3) is 24.6. The third-order valence-corrected chi connectivity index (χ3v) is 24.9. The summed E-state index contributed by atoms with van der Waals surface area (Å²) >= 11 is 29.7. The highest BCUT2D eigenvalue weighted by Crippen LogP contribution is 2.38. The van der Waals surface area contributed by atoms with E-state index in [1.807, 2.05) is 146 Å². The van der Waals surface area contributed by atoms with Crippen LogP contribution >= 0.6 is 133 Å². The smallest absolute Gasteiger partial charge is 0.357 e. The number of nitrogens with one attached hydrogen (secondary N) is 1. The summed E-state index contributed by atoms with van der Waals surface area (Å²) in [6.45, 7) is 3.23. The van der Waals surface area contributed by atoms with Crippen LogP contribution in [0.25, 0.3) is 50.2 Å². The molecule has 0 spiro atoms. The monoisotopic (exact) mass is 2010 g/mol. The fourth-order valence-corrected chi connectivity index (χ4v) is 16.8. The van der Waals surface area contributed by atoms with E-state index in [-0.39, 0.29) is 28.2 Å². The second-order valence-electron chi connectivity index (χ2n) is 26.0. The van der Waals surface area contributed by atoms with Gasteiger partial charge < -0.3 is 34.7 Å². The molecule has 15 rings (SSSR count). The Morgan fingerprint density at radius 3 is 1.13 bits per heavy atom. The zero-order valence-electron chi connectivity index (χ0n) is 65.4. The van der Waals surface area contributed by atoms with Gasteiger partial charge in [0.1, 0.15) is 35.1 Å². The van der Waals surface area contributed by atoms with E-state index >= 15 is 0 Å². The van der Waals surface area contributed by atoms with Gasteiger partial charge in [-0.25, -0.2) is 32.6 Å². The molecule has 0 unspecified atom stereocenters. The molecule has 3 aromatic heterocycles. The van der Waals surface area contributed by atoms with Crippen LogP contribution in [-0.2, 0) is 35.8 Å². The van der Waals surface area contributed by atoms with Crippen LogP contribution in [0, 0.1) is 11.3 Å². The van der Waals surface area contributed by atoms with Crippen LogP contribution < -0.4 is 46.7 Å². The fraction of sp³-hybridized carbons (Fsp3) is 0.138. The van der Waals surface area contributed by atoms with Crippen molar-refractivity contribution < 1.29 is 41.7 Å². The van der Waals surface area contributed by atoms with Crippen molar-refractivity contribution in [3.05, 3.63) is 321 Å². The van der Waals surface area contributed by atoms with Crippen LogP contribution in [0.15, 0.2) is 307 Å². The minimum absolute atomic E-state index is 0.0860. The van der Waals surface area contributed by atoms with E-state index in [1.165, 1.54) is 79.9 Å². The number of thioether (sulfide) groups is 3. The maximum Gasteiger partial charge on any atom is 0.357 e. The van der Waals surface area contributed by atoms with Gasteiger partial charge in [0.05, 0.1) is 125 Å². The van der Waals surface area contributed by atoms with Gasteiger partial charge >= 0.3 is 6.03 Å². The van der Waals surface area contributed by atoms with Gasteiger partial charge in [0.2, 0.25) is 0 Å².